The first kappa shape index (κ1) is 20.7. The zero-order valence-corrected chi connectivity index (χ0v) is 17.5. The average molecular weight is 410 g/mol. The van der Waals surface area contributed by atoms with E-state index in [9.17, 15) is 9.59 Å². The van der Waals surface area contributed by atoms with Crippen molar-refractivity contribution in [2.45, 2.75) is 70.3 Å². The largest absolute Gasteiger partial charge is 0.490 e. The quantitative estimate of drug-likeness (QED) is 0.677. The molecule has 30 heavy (non-hydrogen) atoms. The Kier molecular flexibility index (Phi) is 6.26. The highest BCUT2D eigenvalue weighted by Gasteiger charge is 2.36. The highest BCUT2D eigenvalue weighted by atomic mass is 16.5. The minimum Gasteiger partial charge on any atom is -0.490 e. The van der Waals surface area contributed by atoms with Crippen molar-refractivity contribution in [1.29, 1.82) is 0 Å². The number of benzene rings is 2. The Bertz CT molecular complexity index is 907. The van der Waals surface area contributed by atoms with Crippen molar-refractivity contribution < 1.29 is 19.4 Å². The van der Waals surface area contributed by atoms with Crippen molar-refractivity contribution >= 4 is 22.6 Å². The van der Waals surface area contributed by atoms with Gasteiger partial charge in [0.15, 0.2) is 0 Å². The normalized spacial score (nSPS) is 18.9. The molecule has 0 aromatic heterocycles. The van der Waals surface area contributed by atoms with Gasteiger partial charge in [0.05, 0.1) is 12.5 Å². The van der Waals surface area contributed by atoms with Crippen molar-refractivity contribution in [2.24, 2.45) is 5.41 Å². The third-order valence-corrected chi connectivity index (χ3v) is 6.91. The fourth-order valence-electron chi connectivity index (χ4n) is 5.14. The van der Waals surface area contributed by atoms with E-state index < -0.39 is 5.97 Å². The van der Waals surface area contributed by atoms with E-state index in [0.29, 0.717) is 17.1 Å². The van der Waals surface area contributed by atoms with E-state index in [-0.39, 0.29) is 18.9 Å². The fourth-order valence-corrected chi connectivity index (χ4v) is 5.14. The molecule has 2 aliphatic carbocycles. The van der Waals surface area contributed by atoms with Crippen molar-refractivity contribution in [2.75, 3.05) is 6.54 Å². The number of ether oxygens (including phenoxy) is 1. The predicted octanol–water partition coefficient (Wildman–Crippen LogP) is 5.32. The molecular formula is C25H31NO4. The molecule has 0 heterocycles. The summed E-state index contributed by atoms with van der Waals surface area (Å²) in [5.41, 5.74) is 1.13. The molecule has 0 aliphatic heterocycles. The third-order valence-electron chi connectivity index (χ3n) is 6.91. The zero-order valence-electron chi connectivity index (χ0n) is 17.5. The molecule has 1 spiro atoms. The SMILES string of the molecule is O=C(O)CCNC(=O)c1ccc2cc(OC3CCC4(CCCCC4)CC3)ccc2c1. The van der Waals surface area contributed by atoms with Gasteiger partial charge in [-0.2, -0.15) is 0 Å². The molecule has 1 amide bonds. The van der Waals surface area contributed by atoms with Gasteiger partial charge < -0.3 is 15.2 Å². The predicted molar refractivity (Wildman–Crippen MR) is 117 cm³/mol. The van der Waals surface area contributed by atoms with E-state index in [1.165, 1.54) is 44.9 Å². The first-order valence-corrected chi connectivity index (χ1v) is 11.2. The summed E-state index contributed by atoms with van der Waals surface area (Å²) in [6.45, 7) is 0.127. The van der Waals surface area contributed by atoms with E-state index in [1.54, 1.807) is 6.07 Å². The van der Waals surface area contributed by atoms with Gasteiger partial charge >= 0.3 is 5.97 Å². The minimum atomic E-state index is -0.923. The molecule has 2 fully saturated rings. The maximum atomic E-state index is 12.2. The molecule has 4 rings (SSSR count). The molecular weight excluding hydrogens is 378 g/mol. The molecule has 160 valence electrons. The molecule has 0 radical (unpaired) electrons. The topological polar surface area (TPSA) is 75.6 Å². The summed E-state index contributed by atoms with van der Waals surface area (Å²) in [5.74, 6) is -0.281. The van der Waals surface area contributed by atoms with Crippen LogP contribution in [0.4, 0.5) is 0 Å². The van der Waals surface area contributed by atoms with Gasteiger partial charge in [-0.05, 0) is 79.0 Å². The second-order valence-corrected chi connectivity index (χ2v) is 9.00. The second kappa shape index (κ2) is 9.07. The number of fused-ring (bicyclic) bond motifs is 1. The van der Waals surface area contributed by atoms with E-state index in [0.717, 1.165) is 29.4 Å². The van der Waals surface area contributed by atoms with Crippen LogP contribution in [-0.2, 0) is 4.79 Å². The molecule has 0 unspecified atom stereocenters. The molecule has 0 saturated heterocycles. The zero-order chi connectivity index (χ0) is 21.0. The molecule has 2 aromatic carbocycles. The lowest BCUT2D eigenvalue weighted by molar-refractivity contribution is -0.136. The van der Waals surface area contributed by atoms with Crippen LogP contribution in [0.25, 0.3) is 10.8 Å². The Labute approximate surface area is 177 Å². The van der Waals surface area contributed by atoms with Crippen molar-refractivity contribution in [3.8, 4) is 5.75 Å². The first-order chi connectivity index (χ1) is 14.5. The number of hydrogen-bond donors (Lipinski definition) is 2. The lowest BCUT2D eigenvalue weighted by Crippen LogP contribution is -2.33. The third kappa shape index (κ3) is 4.94. The molecule has 2 aromatic rings. The van der Waals surface area contributed by atoms with E-state index in [2.05, 4.69) is 5.32 Å². The summed E-state index contributed by atoms with van der Waals surface area (Å²) in [6.07, 6.45) is 12.1. The summed E-state index contributed by atoms with van der Waals surface area (Å²) in [4.78, 5) is 22.8. The Morgan fingerprint density at radius 1 is 0.967 bits per heavy atom. The lowest BCUT2D eigenvalue weighted by Gasteiger charge is -2.42. The molecule has 0 bridgehead atoms. The van der Waals surface area contributed by atoms with Gasteiger partial charge in [0.1, 0.15) is 5.75 Å². The van der Waals surface area contributed by atoms with Crippen LogP contribution in [0.5, 0.6) is 5.75 Å². The Hall–Kier alpha value is -2.56. The van der Waals surface area contributed by atoms with Crippen molar-refractivity contribution in [3.05, 3.63) is 42.0 Å². The molecule has 5 nitrogen and oxygen atoms in total. The first-order valence-electron chi connectivity index (χ1n) is 11.2. The van der Waals surface area contributed by atoms with Gasteiger partial charge in [0, 0.05) is 12.1 Å². The van der Waals surface area contributed by atoms with Crippen LogP contribution in [0.15, 0.2) is 36.4 Å². The summed E-state index contributed by atoms with van der Waals surface area (Å²) >= 11 is 0. The van der Waals surface area contributed by atoms with Crippen LogP contribution in [0.2, 0.25) is 0 Å². The highest BCUT2D eigenvalue weighted by Crippen LogP contribution is 2.48. The van der Waals surface area contributed by atoms with Crippen LogP contribution in [-0.4, -0.2) is 29.6 Å². The van der Waals surface area contributed by atoms with Crippen LogP contribution >= 0.6 is 0 Å². The van der Waals surface area contributed by atoms with Crippen LogP contribution in [0.1, 0.15) is 74.6 Å². The number of rotatable bonds is 6. The molecule has 2 aliphatic rings. The summed E-state index contributed by atoms with van der Waals surface area (Å²) in [6, 6.07) is 11.6. The highest BCUT2D eigenvalue weighted by molar-refractivity contribution is 5.98. The maximum absolute atomic E-state index is 12.2. The van der Waals surface area contributed by atoms with Crippen molar-refractivity contribution in [3.63, 3.8) is 0 Å². The minimum absolute atomic E-state index is 0.0810. The van der Waals surface area contributed by atoms with Gasteiger partial charge in [-0.15, -0.1) is 0 Å². The number of aliphatic carboxylic acids is 1. The van der Waals surface area contributed by atoms with Crippen LogP contribution in [0.3, 0.4) is 0 Å². The fraction of sp³-hybridized carbons (Fsp3) is 0.520. The van der Waals surface area contributed by atoms with Crippen LogP contribution in [0, 0.1) is 5.41 Å². The Morgan fingerprint density at radius 3 is 2.40 bits per heavy atom. The van der Waals surface area contributed by atoms with Crippen LogP contribution < -0.4 is 10.1 Å². The smallest absolute Gasteiger partial charge is 0.305 e. The van der Waals surface area contributed by atoms with Gasteiger partial charge in [-0.1, -0.05) is 31.4 Å². The van der Waals surface area contributed by atoms with E-state index in [1.807, 2.05) is 30.3 Å². The summed E-state index contributed by atoms with van der Waals surface area (Å²) in [5, 5.41) is 13.3. The summed E-state index contributed by atoms with van der Waals surface area (Å²) in [7, 11) is 0. The molecule has 0 atom stereocenters. The summed E-state index contributed by atoms with van der Waals surface area (Å²) < 4.78 is 6.32. The van der Waals surface area contributed by atoms with Gasteiger partial charge in [-0.3, -0.25) is 9.59 Å². The lowest BCUT2D eigenvalue weighted by atomic mass is 9.65. The number of carboxylic acid groups (broad SMARTS) is 1. The van der Waals surface area contributed by atoms with Gasteiger partial charge in [0.2, 0.25) is 0 Å². The molecule has 5 heteroatoms. The number of nitrogens with one attached hydrogen (secondary N) is 1. The van der Waals surface area contributed by atoms with E-state index in [4.69, 9.17) is 9.84 Å². The molecule has 2 N–H and O–H groups in total. The van der Waals surface area contributed by atoms with Gasteiger partial charge in [-0.25, -0.2) is 0 Å². The maximum Gasteiger partial charge on any atom is 0.305 e. The molecule has 2 saturated carbocycles. The van der Waals surface area contributed by atoms with Crippen molar-refractivity contribution in [1.82, 2.24) is 5.32 Å². The number of carbonyl (C=O) groups is 2. The monoisotopic (exact) mass is 409 g/mol. The number of carbonyl (C=O) groups excluding carboxylic acids is 1. The number of hydrogen-bond acceptors (Lipinski definition) is 3. The number of carboxylic acids is 1. The van der Waals surface area contributed by atoms with Gasteiger partial charge in [0.25, 0.3) is 5.91 Å². The van der Waals surface area contributed by atoms with E-state index >= 15 is 0 Å². The Balaban J connectivity index is 1.36. The Morgan fingerprint density at radius 2 is 1.67 bits per heavy atom. The average Bonchev–Trinajstić information content (AvgIpc) is 2.75. The standard InChI is InChI=1S/C25H31NO4/c27-23(28)10-15-26-24(29)20-5-4-19-17-22(7-6-18(19)16-20)30-21-8-13-25(14-9-21)11-2-1-3-12-25/h4-7,16-17,21H,1-3,8-15H2,(H,26,29)(H,27,28). The number of amides is 1. The second-order valence-electron chi connectivity index (χ2n) is 9.00.